The highest BCUT2D eigenvalue weighted by atomic mass is 32.2. The van der Waals surface area contributed by atoms with E-state index in [2.05, 4.69) is 16.5 Å². The van der Waals surface area contributed by atoms with E-state index >= 15 is 0 Å². The molecule has 6 heteroatoms. The summed E-state index contributed by atoms with van der Waals surface area (Å²) in [4.78, 5) is 4.99. The van der Waals surface area contributed by atoms with Crippen LogP contribution in [0.5, 0.6) is 0 Å². The van der Waals surface area contributed by atoms with E-state index in [4.69, 9.17) is 0 Å². The van der Waals surface area contributed by atoms with Gasteiger partial charge in [-0.25, -0.2) is 13.4 Å². The molecule has 2 aliphatic rings. The number of imidazole rings is 1. The van der Waals surface area contributed by atoms with Crippen LogP contribution in [0.25, 0.3) is 0 Å². The Morgan fingerprint density at radius 1 is 1.12 bits per heavy atom. The third-order valence-electron chi connectivity index (χ3n) is 5.38. The van der Waals surface area contributed by atoms with Gasteiger partial charge in [-0.2, -0.15) is 4.31 Å². The lowest BCUT2D eigenvalue weighted by molar-refractivity contribution is 0.448. The molecule has 0 N–H and O–H groups in total. The molecule has 1 saturated heterocycles. The molecule has 1 aromatic carbocycles. The van der Waals surface area contributed by atoms with Crippen molar-refractivity contribution in [3.8, 4) is 0 Å². The van der Waals surface area contributed by atoms with Gasteiger partial charge in [0.05, 0.1) is 4.90 Å². The summed E-state index contributed by atoms with van der Waals surface area (Å²) in [5.74, 6) is 2.27. The molecular weight excluding hydrogens is 334 g/mol. The SMILES string of the molecule is Cc1cnc(CC2CCN(S(=O)(=O)c3ccccc3)C2)n1CC1CC1. The molecule has 4 rings (SSSR count). The molecule has 2 fully saturated rings. The van der Waals surface area contributed by atoms with Crippen molar-refractivity contribution in [1.29, 1.82) is 0 Å². The van der Waals surface area contributed by atoms with Crippen molar-refractivity contribution in [2.75, 3.05) is 13.1 Å². The van der Waals surface area contributed by atoms with Crippen LogP contribution in [0, 0.1) is 18.8 Å². The Bertz CT molecular complexity index is 841. The van der Waals surface area contributed by atoms with Gasteiger partial charge in [0.25, 0.3) is 0 Å². The van der Waals surface area contributed by atoms with Crippen LogP contribution in [0.2, 0.25) is 0 Å². The zero-order chi connectivity index (χ0) is 17.4. The highest BCUT2D eigenvalue weighted by molar-refractivity contribution is 7.89. The van der Waals surface area contributed by atoms with E-state index in [-0.39, 0.29) is 0 Å². The predicted octanol–water partition coefficient (Wildman–Crippen LogP) is 2.85. The van der Waals surface area contributed by atoms with Crippen molar-refractivity contribution in [3.05, 3.63) is 48.0 Å². The minimum absolute atomic E-state index is 0.346. The first-order chi connectivity index (χ1) is 12.0. The molecule has 1 unspecified atom stereocenters. The summed E-state index contributed by atoms with van der Waals surface area (Å²) in [7, 11) is -3.37. The molecule has 25 heavy (non-hydrogen) atoms. The Morgan fingerprint density at radius 2 is 1.88 bits per heavy atom. The smallest absolute Gasteiger partial charge is 0.243 e. The Balaban J connectivity index is 1.45. The number of hydrogen-bond donors (Lipinski definition) is 0. The average Bonchev–Trinajstić information content (AvgIpc) is 3.20. The van der Waals surface area contributed by atoms with Crippen LogP contribution in [0.3, 0.4) is 0 Å². The summed E-state index contributed by atoms with van der Waals surface area (Å²) < 4.78 is 29.5. The third kappa shape index (κ3) is 3.51. The molecule has 1 atom stereocenters. The fraction of sp³-hybridized carbons (Fsp3) is 0.526. The van der Waals surface area contributed by atoms with Gasteiger partial charge in [-0.05, 0) is 50.2 Å². The van der Waals surface area contributed by atoms with Crippen molar-refractivity contribution < 1.29 is 8.42 Å². The van der Waals surface area contributed by atoms with Crippen LogP contribution in [0.15, 0.2) is 41.4 Å². The number of aryl methyl sites for hydroxylation is 1. The lowest BCUT2D eigenvalue weighted by Gasteiger charge is -2.17. The Kier molecular flexibility index (Phi) is 4.41. The zero-order valence-electron chi connectivity index (χ0n) is 14.6. The molecule has 1 aliphatic carbocycles. The van der Waals surface area contributed by atoms with E-state index in [0.717, 1.165) is 31.1 Å². The van der Waals surface area contributed by atoms with Gasteiger partial charge >= 0.3 is 0 Å². The summed E-state index contributed by atoms with van der Waals surface area (Å²) in [6, 6.07) is 8.74. The van der Waals surface area contributed by atoms with Crippen LogP contribution < -0.4 is 0 Å². The maximum absolute atomic E-state index is 12.8. The number of nitrogens with zero attached hydrogens (tertiary/aromatic N) is 3. The molecule has 2 heterocycles. The van der Waals surface area contributed by atoms with Crippen LogP contribution in [0.4, 0.5) is 0 Å². The molecule has 1 aliphatic heterocycles. The second-order valence-electron chi connectivity index (χ2n) is 7.40. The summed E-state index contributed by atoms with van der Waals surface area (Å²) >= 11 is 0. The number of hydrogen-bond acceptors (Lipinski definition) is 3. The fourth-order valence-corrected chi connectivity index (χ4v) is 5.22. The Morgan fingerprint density at radius 3 is 2.60 bits per heavy atom. The van der Waals surface area contributed by atoms with Crippen molar-refractivity contribution in [2.24, 2.45) is 11.8 Å². The summed E-state index contributed by atoms with van der Waals surface area (Å²) in [6.45, 7) is 4.37. The first kappa shape index (κ1) is 16.8. The highest BCUT2D eigenvalue weighted by Crippen LogP contribution is 2.32. The molecule has 5 nitrogen and oxygen atoms in total. The number of sulfonamides is 1. The molecule has 1 saturated carbocycles. The topological polar surface area (TPSA) is 55.2 Å². The Hall–Kier alpha value is -1.66. The lowest BCUT2D eigenvalue weighted by atomic mass is 10.0. The average molecular weight is 359 g/mol. The largest absolute Gasteiger partial charge is 0.332 e. The van der Waals surface area contributed by atoms with Gasteiger partial charge < -0.3 is 4.57 Å². The van der Waals surface area contributed by atoms with Gasteiger partial charge in [-0.15, -0.1) is 0 Å². The van der Waals surface area contributed by atoms with Crippen molar-refractivity contribution in [2.45, 2.75) is 44.0 Å². The second kappa shape index (κ2) is 6.57. The van der Waals surface area contributed by atoms with Gasteiger partial charge in [0.1, 0.15) is 5.82 Å². The normalized spacial score (nSPS) is 21.7. The standard InChI is InChI=1S/C19H25N3O2S/c1-15-12-20-19(22(15)14-16-7-8-16)11-17-9-10-21(13-17)25(23,24)18-5-3-2-4-6-18/h2-6,12,16-17H,7-11,13-14H2,1H3. The van der Waals surface area contributed by atoms with E-state index in [1.165, 1.54) is 18.5 Å². The predicted molar refractivity (Wildman–Crippen MR) is 96.7 cm³/mol. The van der Waals surface area contributed by atoms with Gasteiger partial charge in [-0.3, -0.25) is 0 Å². The first-order valence-electron chi connectivity index (χ1n) is 9.10. The van der Waals surface area contributed by atoms with E-state index in [0.29, 0.717) is 23.9 Å². The van der Waals surface area contributed by atoms with E-state index < -0.39 is 10.0 Å². The molecular formula is C19H25N3O2S. The summed E-state index contributed by atoms with van der Waals surface area (Å²) in [5.41, 5.74) is 1.22. The van der Waals surface area contributed by atoms with Crippen LogP contribution in [-0.4, -0.2) is 35.4 Å². The van der Waals surface area contributed by atoms with Crippen molar-refractivity contribution in [3.63, 3.8) is 0 Å². The molecule has 134 valence electrons. The first-order valence-corrected chi connectivity index (χ1v) is 10.5. The van der Waals surface area contributed by atoms with E-state index in [1.807, 2.05) is 12.3 Å². The summed E-state index contributed by atoms with van der Waals surface area (Å²) in [5, 5.41) is 0. The molecule has 0 bridgehead atoms. The van der Waals surface area contributed by atoms with Crippen LogP contribution >= 0.6 is 0 Å². The van der Waals surface area contributed by atoms with E-state index in [1.54, 1.807) is 28.6 Å². The van der Waals surface area contributed by atoms with Gasteiger partial charge in [-0.1, -0.05) is 18.2 Å². The maximum Gasteiger partial charge on any atom is 0.243 e. The number of benzene rings is 1. The number of aromatic nitrogens is 2. The molecule has 1 aromatic heterocycles. The maximum atomic E-state index is 12.8. The minimum atomic E-state index is -3.37. The molecule has 0 radical (unpaired) electrons. The van der Waals surface area contributed by atoms with Crippen molar-refractivity contribution in [1.82, 2.24) is 13.9 Å². The van der Waals surface area contributed by atoms with Gasteiger partial charge in [0, 0.05) is 37.9 Å². The van der Waals surface area contributed by atoms with Crippen LogP contribution in [-0.2, 0) is 23.0 Å². The highest BCUT2D eigenvalue weighted by Gasteiger charge is 2.33. The minimum Gasteiger partial charge on any atom is -0.332 e. The molecule has 0 amide bonds. The third-order valence-corrected chi connectivity index (χ3v) is 7.26. The molecule has 2 aromatic rings. The fourth-order valence-electron chi connectivity index (χ4n) is 3.66. The Labute approximate surface area is 149 Å². The quantitative estimate of drug-likeness (QED) is 0.797. The lowest BCUT2D eigenvalue weighted by Crippen LogP contribution is -2.29. The van der Waals surface area contributed by atoms with Crippen molar-refractivity contribution >= 4 is 10.0 Å². The van der Waals surface area contributed by atoms with Gasteiger partial charge in [0.15, 0.2) is 0 Å². The summed E-state index contributed by atoms with van der Waals surface area (Å²) in [6.07, 6.45) is 6.36. The van der Waals surface area contributed by atoms with Crippen LogP contribution in [0.1, 0.15) is 30.8 Å². The monoisotopic (exact) mass is 359 g/mol. The van der Waals surface area contributed by atoms with E-state index in [9.17, 15) is 8.42 Å². The zero-order valence-corrected chi connectivity index (χ0v) is 15.5. The number of rotatable bonds is 6. The molecule has 0 spiro atoms. The van der Waals surface area contributed by atoms with Gasteiger partial charge in [0.2, 0.25) is 10.0 Å². The second-order valence-corrected chi connectivity index (χ2v) is 9.34.